The number of fused-ring (bicyclic) bond motifs is 1. The summed E-state index contributed by atoms with van der Waals surface area (Å²) < 4.78 is 34.2. The molecule has 0 heterocycles. The number of amides is 2. The standard InChI is InChI=1S/C34H39N3O5S/c1-34(2,3)42-33(39)37(5)31(24-25-19-20-26-13-9-10-15-28(26)23-25)32(38)36(4)22-21-27-14-11-12-18-30(27)35-43(40,41)29-16-7-6-8-17-29/h6-20,23,31,35H,21-22,24H2,1-5H3. The number of carbonyl (C=O) groups is 2. The van der Waals surface area contributed by atoms with E-state index in [-0.39, 0.29) is 10.8 Å². The molecule has 1 N–H and O–H groups in total. The number of sulfonamides is 1. The maximum absolute atomic E-state index is 13.9. The van der Waals surface area contributed by atoms with Crippen LogP contribution in [0.5, 0.6) is 0 Å². The smallest absolute Gasteiger partial charge is 0.410 e. The number of nitrogens with zero attached hydrogens (tertiary/aromatic N) is 2. The topological polar surface area (TPSA) is 96.0 Å². The van der Waals surface area contributed by atoms with E-state index in [1.807, 2.05) is 54.6 Å². The zero-order chi connectivity index (χ0) is 31.2. The number of nitrogens with one attached hydrogen (secondary N) is 1. The van der Waals surface area contributed by atoms with Crippen LogP contribution in [0.3, 0.4) is 0 Å². The van der Waals surface area contributed by atoms with Gasteiger partial charge in [0, 0.05) is 27.1 Å². The fraction of sp³-hybridized carbons (Fsp3) is 0.294. The van der Waals surface area contributed by atoms with Crippen molar-refractivity contribution >= 4 is 38.5 Å². The molecule has 0 aliphatic carbocycles. The molecule has 4 aromatic rings. The Morgan fingerprint density at radius 1 is 0.837 bits per heavy atom. The Labute approximate surface area is 254 Å². The second kappa shape index (κ2) is 13.3. The van der Waals surface area contributed by atoms with Gasteiger partial charge in [0.15, 0.2) is 0 Å². The van der Waals surface area contributed by atoms with Gasteiger partial charge in [0.05, 0.1) is 10.6 Å². The summed E-state index contributed by atoms with van der Waals surface area (Å²) in [5, 5.41) is 2.14. The summed E-state index contributed by atoms with van der Waals surface area (Å²) >= 11 is 0. The minimum atomic E-state index is -3.78. The fourth-order valence-corrected chi connectivity index (χ4v) is 5.86. The van der Waals surface area contributed by atoms with Gasteiger partial charge in [-0.15, -0.1) is 0 Å². The first-order valence-electron chi connectivity index (χ1n) is 14.2. The first kappa shape index (κ1) is 31.6. The quantitative estimate of drug-likeness (QED) is 0.236. The molecule has 2 amide bonds. The summed E-state index contributed by atoms with van der Waals surface area (Å²) in [6.07, 6.45) is 0.117. The summed E-state index contributed by atoms with van der Waals surface area (Å²) in [4.78, 5) is 30.1. The van der Waals surface area contributed by atoms with E-state index >= 15 is 0 Å². The SMILES string of the molecule is CN(CCc1ccccc1NS(=O)(=O)c1ccccc1)C(=O)C(Cc1ccc2ccccc2c1)N(C)C(=O)OC(C)(C)C. The molecular weight excluding hydrogens is 562 g/mol. The Balaban J connectivity index is 1.53. The van der Waals surface area contributed by atoms with Gasteiger partial charge in [0.25, 0.3) is 10.0 Å². The third kappa shape index (κ3) is 8.35. The summed E-state index contributed by atoms with van der Waals surface area (Å²) in [6, 6.07) is 28.5. The van der Waals surface area contributed by atoms with E-state index in [4.69, 9.17) is 4.74 Å². The molecule has 0 saturated heterocycles. The fourth-order valence-electron chi connectivity index (χ4n) is 4.73. The normalized spacial score (nSPS) is 12.4. The van der Waals surface area contributed by atoms with E-state index in [9.17, 15) is 18.0 Å². The van der Waals surface area contributed by atoms with E-state index in [1.54, 1.807) is 70.1 Å². The average molecular weight is 602 g/mol. The molecule has 8 nitrogen and oxygen atoms in total. The van der Waals surface area contributed by atoms with Crippen LogP contribution in [-0.2, 0) is 32.4 Å². The van der Waals surface area contributed by atoms with Gasteiger partial charge in [-0.1, -0.05) is 78.9 Å². The van der Waals surface area contributed by atoms with E-state index in [0.717, 1.165) is 21.9 Å². The lowest BCUT2D eigenvalue weighted by Crippen LogP contribution is -2.51. The summed E-state index contributed by atoms with van der Waals surface area (Å²) in [5.41, 5.74) is 1.39. The van der Waals surface area contributed by atoms with Crippen LogP contribution in [0.1, 0.15) is 31.9 Å². The molecule has 0 spiro atoms. The van der Waals surface area contributed by atoms with Gasteiger partial charge in [-0.05, 0) is 67.3 Å². The molecule has 0 fully saturated rings. The molecule has 4 aromatic carbocycles. The predicted octanol–water partition coefficient (Wildman–Crippen LogP) is 6.12. The summed E-state index contributed by atoms with van der Waals surface area (Å²) in [6.45, 7) is 5.66. The zero-order valence-electron chi connectivity index (χ0n) is 25.3. The number of benzene rings is 4. The number of hydrogen-bond acceptors (Lipinski definition) is 5. The van der Waals surface area contributed by atoms with E-state index in [0.29, 0.717) is 25.1 Å². The number of para-hydroxylation sites is 1. The van der Waals surface area contributed by atoms with E-state index < -0.39 is 27.8 Å². The van der Waals surface area contributed by atoms with Crippen molar-refractivity contribution in [3.63, 3.8) is 0 Å². The molecule has 0 aliphatic rings. The largest absolute Gasteiger partial charge is 0.444 e. The van der Waals surface area contributed by atoms with Crippen molar-refractivity contribution in [2.75, 3.05) is 25.4 Å². The highest BCUT2D eigenvalue weighted by Gasteiger charge is 2.32. The van der Waals surface area contributed by atoms with Gasteiger partial charge >= 0.3 is 6.09 Å². The molecule has 0 bridgehead atoms. The minimum absolute atomic E-state index is 0.166. The average Bonchev–Trinajstić information content (AvgIpc) is 2.98. The van der Waals surface area contributed by atoms with Crippen LogP contribution < -0.4 is 4.72 Å². The van der Waals surface area contributed by atoms with Crippen molar-refractivity contribution in [3.05, 3.63) is 108 Å². The Morgan fingerprint density at radius 3 is 2.16 bits per heavy atom. The molecule has 226 valence electrons. The van der Waals surface area contributed by atoms with Crippen molar-refractivity contribution in [2.24, 2.45) is 0 Å². The van der Waals surface area contributed by atoms with Gasteiger partial charge < -0.3 is 9.64 Å². The number of likely N-dealkylation sites (N-methyl/N-ethyl adjacent to an activating group) is 2. The van der Waals surface area contributed by atoms with Crippen molar-refractivity contribution < 1.29 is 22.7 Å². The van der Waals surface area contributed by atoms with Crippen LogP contribution in [-0.4, -0.2) is 62.5 Å². The predicted molar refractivity (Wildman–Crippen MR) is 170 cm³/mol. The maximum Gasteiger partial charge on any atom is 0.410 e. The molecule has 0 saturated carbocycles. The van der Waals surface area contributed by atoms with E-state index in [2.05, 4.69) is 4.72 Å². The van der Waals surface area contributed by atoms with E-state index in [1.165, 1.54) is 17.0 Å². The van der Waals surface area contributed by atoms with Gasteiger partial charge in [-0.2, -0.15) is 0 Å². The monoisotopic (exact) mass is 601 g/mol. The summed E-state index contributed by atoms with van der Waals surface area (Å²) in [5.74, 6) is -0.246. The number of rotatable bonds is 10. The number of carbonyl (C=O) groups excluding carboxylic acids is 2. The zero-order valence-corrected chi connectivity index (χ0v) is 26.1. The molecule has 0 aliphatic heterocycles. The third-order valence-electron chi connectivity index (χ3n) is 7.08. The van der Waals surface area contributed by atoms with Gasteiger partial charge in [-0.25, -0.2) is 13.2 Å². The van der Waals surface area contributed by atoms with Gasteiger partial charge in [0.2, 0.25) is 5.91 Å². The van der Waals surface area contributed by atoms with Gasteiger partial charge in [-0.3, -0.25) is 14.4 Å². The first-order valence-corrected chi connectivity index (χ1v) is 15.7. The molecule has 0 radical (unpaired) electrons. The third-order valence-corrected chi connectivity index (χ3v) is 8.47. The Kier molecular flexibility index (Phi) is 9.76. The lowest BCUT2D eigenvalue weighted by Gasteiger charge is -2.32. The highest BCUT2D eigenvalue weighted by atomic mass is 32.2. The van der Waals surface area contributed by atoms with Crippen LogP contribution in [0.25, 0.3) is 10.8 Å². The highest BCUT2D eigenvalue weighted by Crippen LogP contribution is 2.23. The van der Waals surface area contributed by atoms with Crippen molar-refractivity contribution in [1.82, 2.24) is 9.80 Å². The lowest BCUT2D eigenvalue weighted by atomic mass is 10.00. The van der Waals surface area contributed by atoms with Crippen LogP contribution >= 0.6 is 0 Å². The first-order chi connectivity index (χ1) is 20.3. The van der Waals surface area contributed by atoms with Crippen LogP contribution in [0.2, 0.25) is 0 Å². The van der Waals surface area contributed by atoms with Crippen LogP contribution in [0.15, 0.2) is 102 Å². The van der Waals surface area contributed by atoms with Crippen molar-refractivity contribution in [1.29, 1.82) is 0 Å². The number of hydrogen-bond donors (Lipinski definition) is 1. The summed E-state index contributed by atoms with van der Waals surface area (Å²) in [7, 11) is -0.506. The molecular formula is C34H39N3O5S. The lowest BCUT2D eigenvalue weighted by molar-refractivity contribution is -0.135. The van der Waals surface area contributed by atoms with Gasteiger partial charge in [0.1, 0.15) is 11.6 Å². The molecule has 1 unspecified atom stereocenters. The van der Waals surface area contributed by atoms with Crippen molar-refractivity contribution in [3.8, 4) is 0 Å². The Morgan fingerprint density at radius 2 is 1.47 bits per heavy atom. The number of ether oxygens (including phenoxy) is 1. The highest BCUT2D eigenvalue weighted by molar-refractivity contribution is 7.92. The minimum Gasteiger partial charge on any atom is -0.444 e. The number of anilines is 1. The maximum atomic E-state index is 13.9. The van der Waals surface area contributed by atoms with Crippen LogP contribution in [0, 0.1) is 0 Å². The molecule has 1 atom stereocenters. The second-order valence-electron chi connectivity index (χ2n) is 11.6. The molecule has 4 rings (SSSR count). The molecule has 0 aromatic heterocycles. The Bertz CT molecular complexity index is 1680. The molecule has 43 heavy (non-hydrogen) atoms. The second-order valence-corrected chi connectivity index (χ2v) is 13.3. The van der Waals surface area contributed by atoms with Crippen molar-refractivity contribution in [2.45, 2.75) is 50.2 Å². The Hall–Kier alpha value is -4.37. The van der Waals surface area contributed by atoms with Crippen LogP contribution in [0.4, 0.5) is 10.5 Å². The molecule has 9 heteroatoms.